The highest BCUT2D eigenvalue weighted by molar-refractivity contribution is 14.1. The van der Waals surface area contributed by atoms with E-state index in [4.69, 9.17) is 0 Å². The molecule has 88 valence electrons. The van der Waals surface area contributed by atoms with Crippen LogP contribution in [-0.2, 0) is 0 Å². The van der Waals surface area contributed by atoms with Crippen molar-refractivity contribution in [2.24, 2.45) is 0 Å². The third kappa shape index (κ3) is 2.66. The molecule has 2 rings (SSSR count). The third-order valence-electron chi connectivity index (χ3n) is 2.33. The topological polar surface area (TPSA) is 20.3 Å². The first-order chi connectivity index (χ1) is 8.09. The zero-order valence-corrected chi connectivity index (χ0v) is 12.0. The Hall–Kier alpha value is -0.950. The Morgan fingerprint density at radius 3 is 2.71 bits per heavy atom. The van der Waals surface area contributed by atoms with Gasteiger partial charge in [0.15, 0.2) is 0 Å². The van der Waals surface area contributed by atoms with Gasteiger partial charge in [-0.2, -0.15) is 0 Å². The first-order valence-electron chi connectivity index (χ1n) is 4.86. The molecule has 0 fully saturated rings. The molecule has 0 spiro atoms. The standard InChI is InChI=1S/C12H9FINOS/c1-15(10-5-3-2-4-9(10)13)12(16)8-6-11(14)17-7-8/h2-7H,1H3. The van der Waals surface area contributed by atoms with Crippen LogP contribution in [-0.4, -0.2) is 13.0 Å². The minimum atomic E-state index is -0.395. The molecule has 1 heterocycles. The molecule has 0 aliphatic carbocycles. The monoisotopic (exact) mass is 361 g/mol. The first kappa shape index (κ1) is 12.5. The summed E-state index contributed by atoms with van der Waals surface area (Å²) in [5.74, 6) is -0.595. The van der Waals surface area contributed by atoms with E-state index in [2.05, 4.69) is 22.6 Å². The fraction of sp³-hybridized carbons (Fsp3) is 0.0833. The molecule has 1 aromatic carbocycles. The lowest BCUT2D eigenvalue weighted by Gasteiger charge is -2.17. The summed E-state index contributed by atoms with van der Waals surface area (Å²) < 4.78 is 14.6. The van der Waals surface area contributed by atoms with Crippen molar-refractivity contribution in [1.82, 2.24) is 0 Å². The van der Waals surface area contributed by atoms with Crippen molar-refractivity contribution in [2.45, 2.75) is 0 Å². The van der Waals surface area contributed by atoms with E-state index < -0.39 is 5.82 Å². The van der Waals surface area contributed by atoms with Crippen LogP contribution in [0.2, 0.25) is 0 Å². The van der Waals surface area contributed by atoms with Crippen LogP contribution < -0.4 is 4.90 Å². The zero-order valence-electron chi connectivity index (χ0n) is 8.98. The Bertz CT molecular complexity index is 555. The molecule has 0 saturated carbocycles. The maximum atomic E-state index is 13.5. The van der Waals surface area contributed by atoms with Gasteiger partial charge in [0.25, 0.3) is 5.91 Å². The molecular weight excluding hydrogens is 352 g/mol. The predicted molar refractivity (Wildman–Crippen MR) is 76.2 cm³/mol. The Balaban J connectivity index is 2.29. The molecule has 1 aromatic heterocycles. The van der Waals surface area contributed by atoms with Crippen LogP contribution in [0.1, 0.15) is 10.4 Å². The number of nitrogens with zero attached hydrogens (tertiary/aromatic N) is 1. The zero-order chi connectivity index (χ0) is 12.4. The lowest BCUT2D eigenvalue weighted by atomic mass is 10.2. The maximum absolute atomic E-state index is 13.5. The van der Waals surface area contributed by atoms with Crippen molar-refractivity contribution in [1.29, 1.82) is 0 Å². The summed E-state index contributed by atoms with van der Waals surface area (Å²) in [4.78, 5) is 13.4. The van der Waals surface area contributed by atoms with E-state index in [0.717, 1.165) is 2.88 Å². The number of hydrogen-bond donors (Lipinski definition) is 0. The third-order valence-corrected chi connectivity index (χ3v) is 4.12. The minimum absolute atomic E-state index is 0.200. The molecule has 0 aliphatic heterocycles. The number of carbonyl (C=O) groups is 1. The highest BCUT2D eigenvalue weighted by Gasteiger charge is 2.17. The summed E-state index contributed by atoms with van der Waals surface area (Å²) in [6, 6.07) is 8.04. The van der Waals surface area contributed by atoms with Gasteiger partial charge in [-0.3, -0.25) is 4.79 Å². The number of para-hydroxylation sites is 1. The first-order valence-corrected chi connectivity index (χ1v) is 6.82. The molecule has 2 aromatic rings. The average Bonchev–Trinajstić information content (AvgIpc) is 2.75. The van der Waals surface area contributed by atoms with Gasteiger partial charge in [0.1, 0.15) is 5.82 Å². The van der Waals surface area contributed by atoms with Gasteiger partial charge in [-0.1, -0.05) is 12.1 Å². The summed E-state index contributed by atoms with van der Waals surface area (Å²) in [5, 5.41) is 1.78. The van der Waals surface area contributed by atoms with E-state index >= 15 is 0 Å². The van der Waals surface area contributed by atoms with Crippen LogP contribution in [0, 0.1) is 8.70 Å². The van der Waals surface area contributed by atoms with Crippen LogP contribution in [0.3, 0.4) is 0 Å². The van der Waals surface area contributed by atoms with E-state index in [-0.39, 0.29) is 5.91 Å². The molecule has 5 heteroatoms. The average molecular weight is 361 g/mol. The summed E-state index contributed by atoms with van der Waals surface area (Å²) >= 11 is 3.65. The predicted octanol–water partition coefficient (Wildman–Crippen LogP) is 3.77. The number of thiophene rings is 1. The van der Waals surface area contributed by atoms with E-state index in [1.165, 1.54) is 22.3 Å². The second-order valence-corrected chi connectivity index (χ2v) is 6.26. The molecule has 2 nitrogen and oxygen atoms in total. The van der Waals surface area contributed by atoms with Gasteiger partial charge in [-0.15, -0.1) is 11.3 Å². The van der Waals surface area contributed by atoms with E-state index in [0.29, 0.717) is 11.3 Å². The highest BCUT2D eigenvalue weighted by Crippen LogP contribution is 2.22. The highest BCUT2D eigenvalue weighted by atomic mass is 127. The molecule has 0 saturated heterocycles. The number of anilines is 1. The number of hydrogen-bond acceptors (Lipinski definition) is 2. The van der Waals surface area contributed by atoms with Crippen LogP contribution in [0.25, 0.3) is 0 Å². The Morgan fingerprint density at radius 2 is 2.12 bits per heavy atom. The fourth-order valence-corrected chi connectivity index (χ4v) is 2.77. The molecule has 1 amide bonds. The van der Waals surface area contributed by atoms with Gasteiger partial charge in [0.05, 0.1) is 14.1 Å². The Kier molecular flexibility index (Phi) is 3.78. The van der Waals surface area contributed by atoms with Crippen molar-refractivity contribution < 1.29 is 9.18 Å². The molecule has 0 N–H and O–H groups in total. The van der Waals surface area contributed by atoms with Crippen LogP contribution in [0.5, 0.6) is 0 Å². The normalized spacial score (nSPS) is 10.3. The summed E-state index contributed by atoms with van der Waals surface area (Å²) in [6.45, 7) is 0. The smallest absolute Gasteiger partial charge is 0.258 e. The second kappa shape index (κ2) is 5.14. The number of halogens is 2. The van der Waals surface area contributed by atoms with Crippen molar-refractivity contribution >= 4 is 45.5 Å². The van der Waals surface area contributed by atoms with Crippen LogP contribution in [0.4, 0.5) is 10.1 Å². The van der Waals surface area contributed by atoms with Gasteiger partial charge in [-0.25, -0.2) is 4.39 Å². The number of benzene rings is 1. The second-order valence-electron chi connectivity index (χ2n) is 3.46. The molecule has 0 unspecified atom stereocenters. The van der Waals surface area contributed by atoms with Crippen LogP contribution in [0.15, 0.2) is 35.7 Å². The largest absolute Gasteiger partial charge is 0.309 e. The number of rotatable bonds is 2. The summed E-state index contributed by atoms with van der Waals surface area (Å²) in [7, 11) is 1.57. The minimum Gasteiger partial charge on any atom is -0.309 e. The van der Waals surface area contributed by atoms with Crippen molar-refractivity contribution in [2.75, 3.05) is 11.9 Å². The summed E-state index contributed by atoms with van der Waals surface area (Å²) in [6.07, 6.45) is 0. The number of carbonyl (C=O) groups excluding carboxylic acids is 1. The lowest BCUT2D eigenvalue weighted by Crippen LogP contribution is -2.26. The molecule has 0 bridgehead atoms. The molecule has 0 radical (unpaired) electrons. The fourth-order valence-electron chi connectivity index (χ4n) is 1.45. The van der Waals surface area contributed by atoms with Crippen molar-refractivity contribution in [3.8, 4) is 0 Å². The van der Waals surface area contributed by atoms with E-state index in [9.17, 15) is 9.18 Å². The van der Waals surface area contributed by atoms with Gasteiger partial charge >= 0.3 is 0 Å². The molecule has 0 aliphatic rings. The molecule has 17 heavy (non-hydrogen) atoms. The van der Waals surface area contributed by atoms with Gasteiger partial charge in [0, 0.05) is 12.4 Å². The molecule has 0 atom stereocenters. The quantitative estimate of drug-likeness (QED) is 0.746. The SMILES string of the molecule is CN(C(=O)c1csc(I)c1)c1ccccc1F. The number of amides is 1. The Labute approximate surface area is 116 Å². The lowest BCUT2D eigenvalue weighted by molar-refractivity contribution is 0.0992. The van der Waals surface area contributed by atoms with Gasteiger partial charge in [0.2, 0.25) is 0 Å². The van der Waals surface area contributed by atoms with Crippen LogP contribution >= 0.6 is 33.9 Å². The van der Waals surface area contributed by atoms with E-state index in [1.54, 1.807) is 36.7 Å². The molecular formula is C12H9FINOS. The van der Waals surface area contributed by atoms with E-state index in [1.807, 2.05) is 0 Å². The maximum Gasteiger partial charge on any atom is 0.258 e. The van der Waals surface area contributed by atoms with Crippen molar-refractivity contribution in [3.05, 3.63) is 50.0 Å². The summed E-state index contributed by atoms with van der Waals surface area (Å²) in [5.41, 5.74) is 0.879. The Morgan fingerprint density at radius 1 is 1.41 bits per heavy atom. The van der Waals surface area contributed by atoms with Gasteiger partial charge in [-0.05, 0) is 40.8 Å². The van der Waals surface area contributed by atoms with Crippen molar-refractivity contribution in [3.63, 3.8) is 0 Å². The van der Waals surface area contributed by atoms with Gasteiger partial charge < -0.3 is 4.90 Å².